The van der Waals surface area contributed by atoms with Crippen LogP contribution in [0.1, 0.15) is 65.5 Å². The maximum atomic E-state index is 13.5. The third kappa shape index (κ3) is 5.32. The molecule has 2 aromatic heterocycles. The first-order valence-electron chi connectivity index (χ1n) is 14.1. The molecule has 1 amide bonds. The van der Waals surface area contributed by atoms with E-state index in [1.807, 2.05) is 36.4 Å². The Kier molecular flexibility index (Phi) is 7.35. The van der Waals surface area contributed by atoms with Crippen LogP contribution in [0.15, 0.2) is 48.7 Å². The van der Waals surface area contributed by atoms with Crippen LogP contribution in [0.3, 0.4) is 0 Å². The van der Waals surface area contributed by atoms with Crippen molar-refractivity contribution in [2.75, 3.05) is 19.0 Å². The molecule has 4 fully saturated rings. The van der Waals surface area contributed by atoms with Crippen molar-refractivity contribution in [1.82, 2.24) is 15.0 Å². The summed E-state index contributed by atoms with van der Waals surface area (Å²) in [7, 11) is 1.36. The average Bonchev–Trinajstić information content (AvgIpc) is 2.95. The van der Waals surface area contributed by atoms with Crippen molar-refractivity contribution in [3.8, 4) is 11.8 Å². The Morgan fingerprint density at radius 3 is 2.49 bits per heavy atom. The van der Waals surface area contributed by atoms with E-state index < -0.39 is 28.7 Å². The summed E-state index contributed by atoms with van der Waals surface area (Å²) in [6.07, 6.45) is -3.10. The zero-order chi connectivity index (χ0) is 30.4. The predicted octanol–water partition coefficient (Wildman–Crippen LogP) is 5.79. The molecule has 3 aromatic rings. The summed E-state index contributed by atoms with van der Waals surface area (Å²) in [5.41, 5.74) is -0.963. The summed E-state index contributed by atoms with van der Waals surface area (Å²) in [4.78, 5) is 39.9. The van der Waals surface area contributed by atoms with Gasteiger partial charge in [-0.15, -0.1) is 0 Å². The number of pyridine rings is 1. The Bertz CT molecular complexity index is 1510. The van der Waals surface area contributed by atoms with Gasteiger partial charge in [0.25, 0.3) is 0 Å². The lowest BCUT2D eigenvalue weighted by atomic mass is 9.33. The van der Waals surface area contributed by atoms with E-state index >= 15 is 0 Å². The van der Waals surface area contributed by atoms with Gasteiger partial charge in [-0.05, 0) is 56.2 Å². The van der Waals surface area contributed by atoms with E-state index in [4.69, 9.17) is 14.2 Å². The number of halogens is 3. The molecule has 0 radical (unpaired) electrons. The number of nitrogens with zero attached hydrogens (tertiary/aromatic N) is 3. The smallest absolute Gasteiger partial charge is 0.394 e. The number of methoxy groups -OCH3 is 1. The second kappa shape index (κ2) is 10.9. The van der Waals surface area contributed by atoms with E-state index in [0.717, 1.165) is 11.1 Å². The van der Waals surface area contributed by atoms with Crippen molar-refractivity contribution in [3.63, 3.8) is 0 Å². The van der Waals surface area contributed by atoms with Crippen LogP contribution in [-0.4, -0.2) is 46.5 Å². The van der Waals surface area contributed by atoms with Crippen LogP contribution >= 0.6 is 0 Å². The first kappa shape index (κ1) is 29.0. The van der Waals surface area contributed by atoms with Crippen molar-refractivity contribution >= 4 is 17.5 Å². The third-order valence-electron chi connectivity index (χ3n) is 8.81. The molecule has 0 unspecified atom stereocenters. The van der Waals surface area contributed by atoms with Crippen LogP contribution in [0.2, 0.25) is 0 Å². The first-order chi connectivity index (χ1) is 20.5. The summed E-state index contributed by atoms with van der Waals surface area (Å²) in [6.45, 7) is 2.33. The Balaban J connectivity index is 1.12. The molecule has 12 heteroatoms. The highest BCUT2D eigenvalue weighted by molar-refractivity contribution is 6.07. The molecule has 1 aliphatic heterocycles. The van der Waals surface area contributed by atoms with Gasteiger partial charge in [0.2, 0.25) is 17.7 Å². The van der Waals surface area contributed by atoms with Crippen LogP contribution in [0.5, 0.6) is 11.8 Å². The minimum absolute atomic E-state index is 0.0660. The van der Waals surface area contributed by atoms with E-state index in [2.05, 4.69) is 20.3 Å². The van der Waals surface area contributed by atoms with E-state index in [9.17, 15) is 22.8 Å². The van der Waals surface area contributed by atoms with Gasteiger partial charge < -0.3 is 19.5 Å². The number of anilines is 1. The molecule has 4 aliphatic rings. The number of aryl methyl sites for hydroxylation is 1. The third-order valence-corrected chi connectivity index (χ3v) is 8.81. The number of aromatic nitrogens is 3. The van der Waals surface area contributed by atoms with E-state index in [0.29, 0.717) is 37.6 Å². The highest BCUT2D eigenvalue weighted by atomic mass is 19.4. The van der Waals surface area contributed by atoms with Crippen molar-refractivity contribution < 1.29 is 37.0 Å². The lowest BCUT2D eigenvalue weighted by molar-refractivity contribution is -0.346. The molecule has 1 saturated heterocycles. The quantitative estimate of drug-likeness (QED) is 0.309. The number of hydrogen-bond donors (Lipinski definition) is 1. The van der Waals surface area contributed by atoms with Crippen molar-refractivity contribution in [2.45, 2.75) is 57.9 Å². The summed E-state index contributed by atoms with van der Waals surface area (Å²) in [6, 6.07) is 13.3. The maximum Gasteiger partial charge on any atom is 0.394 e. The monoisotopic (exact) mass is 596 g/mol. The summed E-state index contributed by atoms with van der Waals surface area (Å²) >= 11 is 0. The summed E-state index contributed by atoms with van der Waals surface area (Å²) < 4.78 is 57.2. The molecule has 3 saturated carbocycles. The standard InChI is InChI=1S/C31H31F3N4O5/c1-18-28(41-2)37-24(25(39)29-15-30(16-29,17-29)31(32,33)34)26(36-18)38-27(40)20-10-11-42-22(12-20)21-8-9-23(35-13-21)43-14-19-6-4-3-5-7-19/h3-9,13,20,22H,10-12,14-17H2,1-2H3,(H,36,38,40)/t20-,22+,29?,30?/m0/s1. The van der Waals surface area contributed by atoms with Crippen LogP contribution < -0.4 is 14.8 Å². The minimum atomic E-state index is -4.35. The Morgan fingerprint density at radius 2 is 1.84 bits per heavy atom. The topological polar surface area (TPSA) is 113 Å². The fraction of sp³-hybridized carbons (Fsp3) is 0.452. The summed E-state index contributed by atoms with van der Waals surface area (Å²) in [5.74, 6) is -0.917. The van der Waals surface area contributed by atoms with Gasteiger partial charge in [-0.1, -0.05) is 30.3 Å². The van der Waals surface area contributed by atoms with Crippen molar-refractivity contribution in [2.24, 2.45) is 16.7 Å². The molecule has 1 N–H and O–H groups in total. The fourth-order valence-corrected chi connectivity index (χ4v) is 6.41. The van der Waals surface area contributed by atoms with Crippen LogP contribution in [0, 0.1) is 23.7 Å². The molecule has 9 nitrogen and oxygen atoms in total. The van der Waals surface area contributed by atoms with Crippen molar-refractivity contribution in [3.05, 3.63) is 71.2 Å². The van der Waals surface area contributed by atoms with Gasteiger partial charge in [-0.3, -0.25) is 9.59 Å². The predicted molar refractivity (Wildman–Crippen MR) is 147 cm³/mol. The second-order valence-electron chi connectivity index (χ2n) is 11.7. The van der Waals surface area contributed by atoms with Gasteiger partial charge >= 0.3 is 6.18 Å². The van der Waals surface area contributed by atoms with Gasteiger partial charge in [0.05, 0.1) is 18.6 Å². The van der Waals surface area contributed by atoms with Gasteiger partial charge in [-0.2, -0.15) is 13.2 Å². The number of Topliss-reactive ketones (excluding diaryl/α,β-unsaturated/α-hetero) is 1. The normalized spacial score (nSPS) is 26.1. The molecular weight excluding hydrogens is 565 g/mol. The number of nitrogens with one attached hydrogen (secondary N) is 1. The van der Waals surface area contributed by atoms with E-state index in [-0.39, 0.29) is 48.7 Å². The van der Waals surface area contributed by atoms with Gasteiger partial charge in [0.15, 0.2) is 17.3 Å². The van der Waals surface area contributed by atoms with Gasteiger partial charge in [0.1, 0.15) is 12.3 Å². The number of carbonyl (C=O) groups excluding carboxylic acids is 2. The minimum Gasteiger partial charge on any atom is -0.480 e. The second-order valence-corrected chi connectivity index (χ2v) is 11.7. The fourth-order valence-electron chi connectivity index (χ4n) is 6.41. The molecule has 1 aromatic carbocycles. The Labute approximate surface area is 246 Å². The highest BCUT2D eigenvalue weighted by Crippen LogP contribution is 2.79. The number of benzene rings is 1. The molecule has 3 aliphatic carbocycles. The zero-order valence-corrected chi connectivity index (χ0v) is 23.7. The molecular formula is C31H31F3N4O5. The maximum absolute atomic E-state index is 13.5. The molecule has 2 bridgehead atoms. The number of ketones is 1. The van der Waals surface area contributed by atoms with Crippen LogP contribution in [-0.2, 0) is 16.1 Å². The molecule has 3 heterocycles. The number of rotatable bonds is 9. The van der Waals surface area contributed by atoms with E-state index in [1.54, 1.807) is 19.2 Å². The van der Waals surface area contributed by atoms with Crippen LogP contribution in [0.4, 0.5) is 19.0 Å². The number of hydrogen-bond acceptors (Lipinski definition) is 8. The Hall–Kier alpha value is -4.06. The SMILES string of the molecule is COc1nc(C(=O)C23CC(C(F)(F)F)(C2)C3)c(NC(=O)[C@H]2CCO[C@@H](c3ccc(OCc4ccccc4)nc3)C2)nc1C. The first-order valence-corrected chi connectivity index (χ1v) is 14.1. The molecule has 7 rings (SSSR count). The highest BCUT2D eigenvalue weighted by Gasteiger charge is 2.81. The Morgan fingerprint density at radius 1 is 1.09 bits per heavy atom. The zero-order valence-electron chi connectivity index (χ0n) is 23.7. The average molecular weight is 597 g/mol. The number of alkyl halides is 3. The van der Waals surface area contributed by atoms with Gasteiger partial charge in [-0.25, -0.2) is 15.0 Å². The molecule has 2 atom stereocenters. The van der Waals surface area contributed by atoms with Crippen LogP contribution in [0.25, 0.3) is 0 Å². The molecule has 226 valence electrons. The lowest BCUT2D eigenvalue weighted by Gasteiger charge is -2.69. The number of carbonyl (C=O) groups is 2. The molecule has 43 heavy (non-hydrogen) atoms. The largest absolute Gasteiger partial charge is 0.480 e. The van der Waals surface area contributed by atoms with Crippen molar-refractivity contribution in [1.29, 1.82) is 0 Å². The number of amides is 1. The molecule has 0 spiro atoms. The summed E-state index contributed by atoms with van der Waals surface area (Å²) in [5, 5.41) is 2.74. The van der Waals surface area contributed by atoms with E-state index in [1.165, 1.54) is 7.11 Å². The lowest BCUT2D eigenvalue weighted by Crippen LogP contribution is -2.71. The van der Waals surface area contributed by atoms with Gasteiger partial charge in [0, 0.05) is 30.2 Å². The number of ether oxygens (including phenoxy) is 3.